The molecular weight excluding hydrogens is 290 g/mol. The Morgan fingerprint density at radius 1 is 1.43 bits per heavy atom. The third-order valence-electron chi connectivity index (χ3n) is 3.16. The van der Waals surface area contributed by atoms with Crippen LogP contribution >= 0.6 is 11.6 Å². The van der Waals surface area contributed by atoms with Gasteiger partial charge in [-0.2, -0.15) is 5.10 Å². The van der Waals surface area contributed by atoms with Crippen LogP contribution in [0.25, 0.3) is 5.69 Å². The van der Waals surface area contributed by atoms with E-state index >= 15 is 0 Å². The molecule has 0 spiro atoms. The lowest BCUT2D eigenvalue weighted by molar-refractivity contribution is 0.0936. The van der Waals surface area contributed by atoms with E-state index in [4.69, 9.17) is 11.6 Å². The average Bonchev–Trinajstić information content (AvgIpc) is 2.97. The number of benzene rings is 1. The zero-order valence-electron chi connectivity index (χ0n) is 11.8. The Balaban J connectivity index is 2.00. The molecule has 0 saturated carbocycles. The summed E-state index contributed by atoms with van der Waals surface area (Å²) >= 11 is 6.09. The second kappa shape index (κ2) is 7.24. The molecule has 112 valence electrons. The predicted octanol–water partition coefficient (Wildman–Crippen LogP) is 2.42. The number of nitrogens with zero attached hydrogens (tertiary/aromatic N) is 2. The van der Waals surface area contributed by atoms with Crippen LogP contribution in [0.4, 0.5) is 0 Å². The fourth-order valence-electron chi connectivity index (χ4n) is 1.86. The number of halogens is 1. The molecule has 1 amide bonds. The van der Waals surface area contributed by atoms with Crippen molar-refractivity contribution < 1.29 is 9.90 Å². The molecule has 5 nitrogen and oxygen atoms in total. The summed E-state index contributed by atoms with van der Waals surface area (Å²) in [5, 5.41) is 17.0. The van der Waals surface area contributed by atoms with Crippen molar-refractivity contribution in [3.05, 3.63) is 47.2 Å². The second-order valence-corrected chi connectivity index (χ2v) is 5.11. The molecule has 0 fully saturated rings. The van der Waals surface area contributed by atoms with Crippen LogP contribution in [-0.4, -0.2) is 33.4 Å². The Labute approximate surface area is 128 Å². The molecule has 0 aliphatic heterocycles. The average molecular weight is 308 g/mol. The third kappa shape index (κ3) is 4.06. The monoisotopic (exact) mass is 307 g/mol. The van der Waals surface area contributed by atoms with E-state index in [2.05, 4.69) is 10.4 Å². The minimum atomic E-state index is -0.383. The zero-order chi connectivity index (χ0) is 15.2. The molecule has 1 unspecified atom stereocenters. The summed E-state index contributed by atoms with van der Waals surface area (Å²) in [5.41, 5.74) is 1.04. The lowest BCUT2D eigenvalue weighted by Crippen LogP contribution is -2.27. The Hall–Kier alpha value is -1.85. The van der Waals surface area contributed by atoms with Gasteiger partial charge in [0.25, 0.3) is 5.91 Å². The highest BCUT2D eigenvalue weighted by Gasteiger charge is 2.11. The Morgan fingerprint density at radius 2 is 2.19 bits per heavy atom. The standard InChI is InChI=1S/C15H18ClN3O2/c1-2-11(20)7-9-17-15(21)13-8-10-19(18-13)14-6-4-3-5-12(14)16/h3-6,8,10-11,20H,2,7,9H2,1H3,(H,17,21). The number of carbonyl (C=O) groups excluding carboxylic acids is 1. The number of aliphatic hydroxyl groups excluding tert-OH is 1. The maximum atomic E-state index is 11.9. The molecule has 6 heteroatoms. The fourth-order valence-corrected chi connectivity index (χ4v) is 2.09. The molecule has 1 atom stereocenters. The van der Waals surface area contributed by atoms with Crippen molar-refractivity contribution in [2.75, 3.05) is 6.54 Å². The van der Waals surface area contributed by atoms with Gasteiger partial charge in [0, 0.05) is 12.7 Å². The summed E-state index contributed by atoms with van der Waals surface area (Å²) in [6.07, 6.45) is 2.52. The van der Waals surface area contributed by atoms with Crippen molar-refractivity contribution in [1.82, 2.24) is 15.1 Å². The van der Waals surface area contributed by atoms with Crippen LogP contribution in [0, 0.1) is 0 Å². The molecule has 0 radical (unpaired) electrons. The van der Waals surface area contributed by atoms with Gasteiger partial charge in [-0.15, -0.1) is 0 Å². The number of aliphatic hydroxyl groups is 1. The predicted molar refractivity (Wildman–Crippen MR) is 81.8 cm³/mol. The van der Waals surface area contributed by atoms with Crippen molar-refractivity contribution in [3.8, 4) is 5.69 Å². The first-order valence-electron chi connectivity index (χ1n) is 6.88. The van der Waals surface area contributed by atoms with E-state index in [1.165, 1.54) is 0 Å². The number of hydrogen-bond acceptors (Lipinski definition) is 3. The molecule has 2 rings (SSSR count). The topological polar surface area (TPSA) is 67.2 Å². The maximum Gasteiger partial charge on any atom is 0.271 e. The number of para-hydroxylation sites is 1. The lowest BCUT2D eigenvalue weighted by Gasteiger charge is -2.07. The number of amides is 1. The molecular formula is C15H18ClN3O2. The lowest BCUT2D eigenvalue weighted by atomic mass is 10.2. The van der Waals surface area contributed by atoms with Gasteiger partial charge in [-0.3, -0.25) is 4.79 Å². The first-order valence-corrected chi connectivity index (χ1v) is 7.26. The largest absolute Gasteiger partial charge is 0.393 e. The summed E-state index contributed by atoms with van der Waals surface area (Å²) in [5.74, 6) is -0.260. The van der Waals surface area contributed by atoms with E-state index in [-0.39, 0.29) is 12.0 Å². The van der Waals surface area contributed by atoms with Crippen LogP contribution < -0.4 is 5.32 Å². The highest BCUT2D eigenvalue weighted by molar-refractivity contribution is 6.32. The van der Waals surface area contributed by atoms with E-state index in [1.807, 2.05) is 25.1 Å². The molecule has 0 aliphatic carbocycles. The molecule has 21 heavy (non-hydrogen) atoms. The first-order chi connectivity index (χ1) is 10.1. The van der Waals surface area contributed by atoms with Gasteiger partial charge in [-0.1, -0.05) is 30.7 Å². The summed E-state index contributed by atoms with van der Waals surface area (Å²) in [6, 6.07) is 8.92. The minimum absolute atomic E-state index is 0.260. The second-order valence-electron chi connectivity index (χ2n) is 4.70. The molecule has 1 heterocycles. The van der Waals surface area contributed by atoms with Gasteiger partial charge in [-0.25, -0.2) is 4.68 Å². The van der Waals surface area contributed by atoms with E-state index in [0.717, 1.165) is 5.69 Å². The zero-order valence-corrected chi connectivity index (χ0v) is 12.5. The maximum absolute atomic E-state index is 11.9. The molecule has 0 saturated heterocycles. The van der Waals surface area contributed by atoms with Gasteiger partial charge in [0.1, 0.15) is 0 Å². The summed E-state index contributed by atoms with van der Waals surface area (Å²) in [7, 11) is 0. The highest BCUT2D eigenvalue weighted by atomic mass is 35.5. The number of rotatable bonds is 6. The number of aromatic nitrogens is 2. The SMILES string of the molecule is CCC(O)CCNC(=O)c1ccn(-c2ccccc2Cl)n1. The summed E-state index contributed by atoms with van der Waals surface area (Å²) in [4.78, 5) is 11.9. The van der Waals surface area contributed by atoms with Gasteiger partial charge in [0.05, 0.1) is 16.8 Å². The molecule has 2 aromatic rings. The molecule has 0 bridgehead atoms. The Morgan fingerprint density at radius 3 is 2.90 bits per heavy atom. The molecule has 1 aromatic carbocycles. The minimum Gasteiger partial charge on any atom is -0.393 e. The summed E-state index contributed by atoms with van der Waals surface area (Å²) in [6.45, 7) is 2.32. The van der Waals surface area contributed by atoms with E-state index in [0.29, 0.717) is 30.1 Å². The van der Waals surface area contributed by atoms with Crippen LogP contribution in [0.15, 0.2) is 36.5 Å². The molecule has 1 aromatic heterocycles. The molecule has 0 aliphatic rings. The van der Waals surface area contributed by atoms with Gasteiger partial charge in [-0.05, 0) is 31.0 Å². The van der Waals surface area contributed by atoms with Crippen molar-refractivity contribution in [2.24, 2.45) is 0 Å². The van der Waals surface area contributed by atoms with Gasteiger partial charge in [0.2, 0.25) is 0 Å². The van der Waals surface area contributed by atoms with Gasteiger partial charge in [0.15, 0.2) is 5.69 Å². The fraction of sp³-hybridized carbons (Fsp3) is 0.333. The van der Waals surface area contributed by atoms with Gasteiger partial charge < -0.3 is 10.4 Å². The van der Waals surface area contributed by atoms with Crippen LogP contribution in [0.5, 0.6) is 0 Å². The van der Waals surface area contributed by atoms with Crippen molar-refractivity contribution >= 4 is 17.5 Å². The van der Waals surface area contributed by atoms with E-state index < -0.39 is 0 Å². The third-order valence-corrected chi connectivity index (χ3v) is 3.47. The van der Waals surface area contributed by atoms with Crippen LogP contribution in [0.2, 0.25) is 5.02 Å². The number of hydrogen-bond donors (Lipinski definition) is 2. The van der Waals surface area contributed by atoms with Crippen molar-refractivity contribution in [2.45, 2.75) is 25.9 Å². The van der Waals surface area contributed by atoms with Crippen molar-refractivity contribution in [1.29, 1.82) is 0 Å². The normalized spacial score (nSPS) is 12.1. The highest BCUT2D eigenvalue weighted by Crippen LogP contribution is 2.18. The Bertz CT molecular complexity index is 612. The summed E-state index contributed by atoms with van der Waals surface area (Å²) < 4.78 is 1.57. The first kappa shape index (κ1) is 15.5. The van der Waals surface area contributed by atoms with Crippen molar-refractivity contribution in [3.63, 3.8) is 0 Å². The quantitative estimate of drug-likeness (QED) is 0.861. The van der Waals surface area contributed by atoms with Gasteiger partial charge >= 0.3 is 0 Å². The van der Waals surface area contributed by atoms with E-state index in [1.54, 1.807) is 23.0 Å². The van der Waals surface area contributed by atoms with Crippen LogP contribution in [-0.2, 0) is 0 Å². The van der Waals surface area contributed by atoms with E-state index in [9.17, 15) is 9.90 Å². The Kier molecular flexibility index (Phi) is 5.36. The number of carbonyl (C=O) groups is 1. The molecule has 2 N–H and O–H groups in total. The number of nitrogens with one attached hydrogen (secondary N) is 1. The smallest absolute Gasteiger partial charge is 0.271 e. The van der Waals surface area contributed by atoms with Crippen LogP contribution in [0.1, 0.15) is 30.3 Å². The van der Waals surface area contributed by atoms with Crippen LogP contribution in [0.3, 0.4) is 0 Å².